The number of nitrogens with one attached hydrogen (secondary N) is 3. The van der Waals surface area contributed by atoms with Crippen LogP contribution in [-0.4, -0.2) is 53.5 Å². The minimum Gasteiger partial charge on any atom is -0.384 e. The average molecular weight is 504 g/mol. The van der Waals surface area contributed by atoms with E-state index in [1.807, 2.05) is 30.3 Å². The summed E-state index contributed by atoms with van der Waals surface area (Å²) in [6, 6.07) is 13.0. The Bertz CT molecular complexity index is 1180. The van der Waals surface area contributed by atoms with Crippen LogP contribution in [0.2, 0.25) is 0 Å². The fourth-order valence-corrected chi connectivity index (χ4v) is 6.03. The van der Waals surface area contributed by atoms with Crippen LogP contribution in [0, 0.1) is 5.41 Å². The van der Waals surface area contributed by atoms with Gasteiger partial charge < -0.3 is 21.7 Å². The fraction of sp³-hybridized carbons (Fsp3) is 0.464. The van der Waals surface area contributed by atoms with Crippen LogP contribution in [0.1, 0.15) is 66.1 Å². The molecule has 3 aliphatic heterocycles. The highest BCUT2D eigenvalue weighted by molar-refractivity contribution is 5.97. The van der Waals surface area contributed by atoms with Crippen molar-refractivity contribution in [2.75, 3.05) is 11.4 Å². The van der Waals surface area contributed by atoms with Crippen LogP contribution in [0.4, 0.5) is 5.69 Å². The van der Waals surface area contributed by atoms with Crippen molar-refractivity contribution in [1.82, 2.24) is 15.5 Å². The Balaban J connectivity index is 1.34. The number of carbonyl (C=O) groups excluding carboxylic acids is 2. The molecule has 3 heterocycles. The third-order valence-electron chi connectivity index (χ3n) is 8.07. The summed E-state index contributed by atoms with van der Waals surface area (Å²) in [4.78, 5) is 29.8. The van der Waals surface area contributed by atoms with Crippen LogP contribution < -0.4 is 27.0 Å². The van der Waals surface area contributed by atoms with E-state index < -0.39 is 5.91 Å². The van der Waals surface area contributed by atoms with Crippen LogP contribution in [0.15, 0.2) is 42.5 Å². The third-order valence-corrected chi connectivity index (χ3v) is 8.07. The van der Waals surface area contributed by atoms with E-state index in [9.17, 15) is 9.59 Å². The van der Waals surface area contributed by atoms with Crippen LogP contribution in [0.25, 0.3) is 0 Å². The Morgan fingerprint density at radius 1 is 1.05 bits per heavy atom. The number of amidine groups is 1. The first-order valence-corrected chi connectivity index (χ1v) is 13.2. The molecule has 0 aromatic heterocycles. The van der Waals surface area contributed by atoms with Gasteiger partial charge in [0.05, 0.1) is 12.3 Å². The van der Waals surface area contributed by atoms with Gasteiger partial charge in [-0.05, 0) is 74.9 Å². The van der Waals surface area contributed by atoms with Gasteiger partial charge in [-0.1, -0.05) is 24.3 Å². The van der Waals surface area contributed by atoms with Gasteiger partial charge in [-0.2, -0.15) is 0 Å². The van der Waals surface area contributed by atoms with Gasteiger partial charge in [0.25, 0.3) is 0 Å². The lowest BCUT2D eigenvalue weighted by atomic mass is 10.0. The molecule has 37 heavy (non-hydrogen) atoms. The van der Waals surface area contributed by atoms with Gasteiger partial charge in [-0.15, -0.1) is 0 Å². The minimum atomic E-state index is -0.469. The zero-order valence-corrected chi connectivity index (χ0v) is 21.4. The number of benzene rings is 2. The maximum absolute atomic E-state index is 13.7. The van der Waals surface area contributed by atoms with Crippen LogP contribution in [0.5, 0.6) is 0 Å². The lowest BCUT2D eigenvalue weighted by molar-refractivity contribution is -0.123. The molecule has 0 aliphatic carbocycles. The molecule has 0 saturated carbocycles. The molecule has 2 fully saturated rings. The topological polar surface area (TPSA) is 141 Å². The van der Waals surface area contributed by atoms with Crippen LogP contribution >= 0.6 is 0 Å². The van der Waals surface area contributed by atoms with E-state index in [-0.39, 0.29) is 24.0 Å². The smallest absolute Gasteiger partial charge is 0.248 e. The number of anilines is 1. The predicted octanol–water partition coefficient (Wildman–Crippen LogP) is 2.03. The number of rotatable bonds is 7. The van der Waals surface area contributed by atoms with Gasteiger partial charge in [0.1, 0.15) is 11.9 Å². The lowest BCUT2D eigenvalue weighted by Crippen LogP contribution is -2.60. The molecule has 0 radical (unpaired) electrons. The van der Waals surface area contributed by atoms with E-state index in [0.29, 0.717) is 36.3 Å². The number of primary amides is 1. The van der Waals surface area contributed by atoms with Crippen molar-refractivity contribution >= 4 is 23.3 Å². The Kier molecular flexibility index (Phi) is 7.17. The number of amides is 2. The molecule has 3 aliphatic rings. The summed E-state index contributed by atoms with van der Waals surface area (Å²) in [5.41, 5.74) is 15.2. The summed E-state index contributed by atoms with van der Waals surface area (Å²) in [5, 5.41) is 14.9. The molecule has 5 rings (SSSR count). The number of nitrogens with two attached hydrogens (primary N) is 2. The normalized spacial score (nSPS) is 25.6. The second kappa shape index (κ2) is 10.5. The van der Waals surface area contributed by atoms with Crippen molar-refractivity contribution in [3.8, 4) is 0 Å². The van der Waals surface area contributed by atoms with E-state index in [0.717, 1.165) is 42.6 Å². The summed E-state index contributed by atoms with van der Waals surface area (Å²) in [6.07, 6.45) is 6.37. The average Bonchev–Trinajstić information content (AvgIpc) is 3.47. The van der Waals surface area contributed by atoms with Gasteiger partial charge in [0, 0.05) is 35.8 Å². The number of carbonyl (C=O) groups is 2. The Morgan fingerprint density at radius 2 is 1.81 bits per heavy atom. The Morgan fingerprint density at radius 3 is 2.49 bits per heavy atom. The number of piperidine rings is 1. The van der Waals surface area contributed by atoms with Crippen molar-refractivity contribution in [1.29, 1.82) is 5.41 Å². The van der Waals surface area contributed by atoms with Crippen LogP contribution in [-0.2, 0) is 17.8 Å². The highest BCUT2D eigenvalue weighted by Gasteiger charge is 2.37. The third kappa shape index (κ3) is 5.33. The van der Waals surface area contributed by atoms with E-state index in [2.05, 4.69) is 27.4 Å². The number of nitrogens with zero attached hydrogens (tertiary/aromatic N) is 2. The van der Waals surface area contributed by atoms with Crippen molar-refractivity contribution < 1.29 is 9.59 Å². The monoisotopic (exact) mass is 503 g/mol. The lowest BCUT2D eigenvalue weighted by Gasteiger charge is -2.39. The van der Waals surface area contributed by atoms with E-state index >= 15 is 0 Å². The van der Waals surface area contributed by atoms with Gasteiger partial charge in [-0.3, -0.25) is 25.2 Å². The number of hydrogen-bond donors (Lipinski definition) is 5. The standard InChI is InChI=1S/C28H37N7O2/c1-17-4-3-13-34(17)25-6-2-5-24(32-25)33-28(37)23-14-20-11-12-21(26(29)30)15-22(20)35(23)16-18-7-9-19(10-8-18)27(31)36/h7-12,15,17,23-25,32H,2-6,13-14,16H2,1H3,(H3,29,30)(H2,31,36)(H,33,37). The minimum absolute atomic E-state index is 0.00458. The predicted molar refractivity (Wildman–Crippen MR) is 144 cm³/mol. The molecule has 2 saturated heterocycles. The molecule has 196 valence electrons. The first-order valence-electron chi connectivity index (χ1n) is 13.2. The second-order valence-electron chi connectivity index (χ2n) is 10.6. The molecule has 2 aromatic carbocycles. The highest BCUT2D eigenvalue weighted by Crippen LogP contribution is 2.35. The van der Waals surface area contributed by atoms with Crippen molar-refractivity contribution in [2.24, 2.45) is 11.5 Å². The SMILES string of the molecule is CC1CCCN1C1CCCC(NC(=O)C2Cc3ccc(C(=N)N)cc3N2Cc2ccc(C(N)=O)cc2)N1. The largest absolute Gasteiger partial charge is 0.384 e. The van der Waals surface area contributed by atoms with Crippen molar-refractivity contribution in [2.45, 2.75) is 76.4 Å². The summed E-state index contributed by atoms with van der Waals surface area (Å²) < 4.78 is 0. The van der Waals surface area contributed by atoms with Gasteiger partial charge >= 0.3 is 0 Å². The molecule has 0 bridgehead atoms. The summed E-state index contributed by atoms with van der Waals surface area (Å²) >= 11 is 0. The molecule has 9 heteroatoms. The summed E-state index contributed by atoms with van der Waals surface area (Å²) in [7, 11) is 0. The molecule has 7 N–H and O–H groups in total. The maximum Gasteiger partial charge on any atom is 0.248 e. The molecule has 4 unspecified atom stereocenters. The Labute approximate surface area is 218 Å². The molecule has 2 aromatic rings. The van der Waals surface area contributed by atoms with Gasteiger partial charge in [0.15, 0.2) is 0 Å². The van der Waals surface area contributed by atoms with Crippen molar-refractivity contribution in [3.63, 3.8) is 0 Å². The highest BCUT2D eigenvalue weighted by atomic mass is 16.2. The number of likely N-dealkylation sites (tertiary alicyclic amines) is 1. The van der Waals surface area contributed by atoms with E-state index in [4.69, 9.17) is 16.9 Å². The van der Waals surface area contributed by atoms with Gasteiger partial charge in [0.2, 0.25) is 11.8 Å². The molecule has 9 nitrogen and oxygen atoms in total. The zero-order chi connectivity index (χ0) is 26.1. The second-order valence-corrected chi connectivity index (χ2v) is 10.6. The van der Waals surface area contributed by atoms with Crippen molar-refractivity contribution in [3.05, 3.63) is 64.7 Å². The Hall–Kier alpha value is -3.43. The van der Waals surface area contributed by atoms with Gasteiger partial charge in [-0.25, -0.2) is 0 Å². The first kappa shape index (κ1) is 25.2. The summed E-state index contributed by atoms with van der Waals surface area (Å²) in [5.74, 6) is -0.486. The van der Waals surface area contributed by atoms with E-state index in [1.54, 1.807) is 12.1 Å². The number of hydrogen-bond acceptors (Lipinski definition) is 6. The zero-order valence-electron chi connectivity index (χ0n) is 21.4. The quantitative estimate of drug-likeness (QED) is 0.289. The molecule has 4 atom stereocenters. The van der Waals surface area contributed by atoms with E-state index in [1.165, 1.54) is 12.8 Å². The molecule has 0 spiro atoms. The number of fused-ring (bicyclic) bond motifs is 1. The molecule has 2 amide bonds. The molecular weight excluding hydrogens is 466 g/mol. The maximum atomic E-state index is 13.7. The fourth-order valence-electron chi connectivity index (χ4n) is 6.03. The van der Waals surface area contributed by atoms with Crippen LogP contribution in [0.3, 0.4) is 0 Å². The first-order chi connectivity index (χ1) is 17.8. The molecular formula is C28H37N7O2. The summed E-state index contributed by atoms with van der Waals surface area (Å²) in [6.45, 7) is 3.88. The number of nitrogen functional groups attached to an aromatic ring is 1.